The Bertz CT molecular complexity index is 3270. The monoisotopic (exact) mass is 1090 g/mol. The lowest BCUT2D eigenvalue weighted by Crippen LogP contribution is -2.61. The van der Waals surface area contributed by atoms with Crippen LogP contribution in [0.4, 0.5) is 17.1 Å². The van der Waals surface area contributed by atoms with Crippen LogP contribution in [0.15, 0.2) is 114 Å². The van der Waals surface area contributed by atoms with E-state index in [1.807, 2.05) is 19.1 Å². The van der Waals surface area contributed by atoms with Gasteiger partial charge in [0.05, 0.1) is 34.3 Å². The lowest BCUT2D eigenvalue weighted by Gasteiger charge is -2.59. The number of H-pyrrole nitrogens is 1. The van der Waals surface area contributed by atoms with E-state index in [4.69, 9.17) is 9.47 Å². The predicted molar refractivity (Wildman–Crippen MR) is 308 cm³/mol. The summed E-state index contributed by atoms with van der Waals surface area (Å²) >= 11 is 0. The van der Waals surface area contributed by atoms with Crippen molar-refractivity contribution in [2.75, 3.05) is 56.6 Å². The van der Waals surface area contributed by atoms with E-state index in [0.717, 1.165) is 94.1 Å². The van der Waals surface area contributed by atoms with Gasteiger partial charge in [0.25, 0.3) is 21.6 Å². The average Bonchev–Trinajstić information content (AvgIpc) is 4.11. The summed E-state index contributed by atoms with van der Waals surface area (Å²) in [6.45, 7) is 11.7. The molecular formula is C62H76N8O8S. The molecule has 1 amide bonds. The Kier molecular flexibility index (Phi) is 15.5. The van der Waals surface area contributed by atoms with Gasteiger partial charge in [-0.3, -0.25) is 24.7 Å². The standard InChI is InChI=1S/C62H76N8O8S/c1-41(2)52-10-5-6-11-53(52)57-40-68(46-9-7-8-44(32-46)43-12-15-49(77-4)16-13-43)30-31-69(57)48-36-62(37-48)25-28-67(29-26-62)47-14-18-54(58(34-47)78-50-33-45-22-27-63-59(45)65-39-50)60(71)66-79(75,76)51-17-19-55(56(35-51)70(73)74)64-38-42-20-23-61(3,72)24-21-42/h5-6,10-19,22,27,33-35,39,41-42,44,46,48,57,64,72H,7-9,20-21,23-26,28-32,36-38,40H2,1-4H3,(H,63,65)(H,66,71)/t42-,44?,46?,57?,61-. The number of aliphatic hydroxyl groups is 1. The third-order valence-corrected chi connectivity index (χ3v) is 19.8. The smallest absolute Gasteiger partial charge is 0.293 e. The maximum absolute atomic E-state index is 14.2. The van der Waals surface area contributed by atoms with Gasteiger partial charge in [-0.15, -0.1) is 0 Å². The molecule has 17 heteroatoms. The molecule has 3 unspecified atom stereocenters. The van der Waals surface area contributed by atoms with E-state index in [1.165, 1.54) is 54.5 Å². The lowest BCUT2D eigenvalue weighted by atomic mass is 9.59. The molecule has 3 atom stereocenters. The number of aromatic amines is 1. The van der Waals surface area contributed by atoms with Crippen molar-refractivity contribution in [3.63, 3.8) is 0 Å². The van der Waals surface area contributed by atoms with Crippen LogP contribution in [0.1, 0.15) is 143 Å². The Morgan fingerprint density at radius 3 is 2.42 bits per heavy atom. The number of nitro groups is 1. The van der Waals surface area contributed by atoms with Gasteiger partial charge in [-0.2, -0.15) is 0 Å². The number of hydrogen-bond acceptors (Lipinski definition) is 13. The first-order valence-electron chi connectivity index (χ1n) is 28.6. The summed E-state index contributed by atoms with van der Waals surface area (Å²) in [7, 11) is -2.86. The zero-order chi connectivity index (χ0) is 55.1. The summed E-state index contributed by atoms with van der Waals surface area (Å²) in [5.41, 5.74) is 5.12. The van der Waals surface area contributed by atoms with E-state index >= 15 is 0 Å². The van der Waals surface area contributed by atoms with Crippen LogP contribution in [0.5, 0.6) is 17.2 Å². The third-order valence-electron chi connectivity index (χ3n) is 18.5. The number of piperidine rings is 1. The highest BCUT2D eigenvalue weighted by Gasteiger charge is 2.50. The normalized spacial score (nSPS) is 24.1. The minimum absolute atomic E-state index is 0.0229. The molecule has 1 spiro atoms. The minimum atomic E-state index is -4.59. The van der Waals surface area contributed by atoms with Gasteiger partial charge in [-0.1, -0.05) is 56.7 Å². The molecule has 3 saturated carbocycles. The molecular weight excluding hydrogens is 1020 g/mol. The summed E-state index contributed by atoms with van der Waals surface area (Å²) in [6.07, 6.45) is 15.4. The van der Waals surface area contributed by atoms with Gasteiger partial charge in [-0.05, 0) is 166 Å². The number of methoxy groups -OCH3 is 1. The number of carbonyl (C=O) groups excluding carboxylic acids is 1. The van der Waals surface area contributed by atoms with E-state index in [9.17, 15) is 28.4 Å². The number of amides is 1. The minimum Gasteiger partial charge on any atom is -0.497 e. The van der Waals surface area contributed by atoms with Gasteiger partial charge in [0.15, 0.2) is 0 Å². The Morgan fingerprint density at radius 2 is 1.67 bits per heavy atom. The quantitative estimate of drug-likeness (QED) is 0.0528. The van der Waals surface area contributed by atoms with Gasteiger partial charge in [0.1, 0.15) is 28.6 Å². The molecule has 0 bridgehead atoms. The van der Waals surface area contributed by atoms with Crippen LogP contribution in [-0.4, -0.2) is 108 Å². The number of anilines is 2. The summed E-state index contributed by atoms with van der Waals surface area (Å²) < 4.78 is 41.9. The zero-order valence-corrected chi connectivity index (χ0v) is 46.9. The van der Waals surface area contributed by atoms with E-state index in [-0.39, 0.29) is 28.3 Å². The second-order valence-electron chi connectivity index (χ2n) is 23.9. The van der Waals surface area contributed by atoms with Crippen molar-refractivity contribution in [2.24, 2.45) is 11.3 Å². The fourth-order valence-corrected chi connectivity index (χ4v) is 14.7. The second-order valence-corrected chi connectivity index (χ2v) is 25.6. The fourth-order valence-electron chi connectivity index (χ4n) is 13.8. The Balaban J connectivity index is 0.773. The van der Waals surface area contributed by atoms with E-state index in [1.54, 1.807) is 37.7 Å². The molecule has 5 fully saturated rings. The molecule has 5 aliphatic rings. The molecule has 3 aliphatic carbocycles. The van der Waals surface area contributed by atoms with Crippen LogP contribution in [-0.2, 0) is 10.0 Å². The number of fused-ring (bicyclic) bond motifs is 1. The molecule has 4 N–H and O–H groups in total. The molecule has 4 heterocycles. The van der Waals surface area contributed by atoms with Crippen LogP contribution in [0, 0.1) is 21.4 Å². The highest BCUT2D eigenvalue weighted by atomic mass is 32.2. The van der Waals surface area contributed by atoms with Crippen molar-refractivity contribution < 1.29 is 32.7 Å². The number of pyridine rings is 1. The number of aromatic nitrogens is 2. The van der Waals surface area contributed by atoms with Crippen molar-refractivity contribution in [1.29, 1.82) is 0 Å². The molecule has 11 rings (SSSR count). The van der Waals surface area contributed by atoms with E-state index < -0.39 is 37.0 Å². The van der Waals surface area contributed by atoms with Crippen LogP contribution in [0.25, 0.3) is 11.0 Å². The molecule has 2 aliphatic heterocycles. The van der Waals surface area contributed by atoms with Crippen LogP contribution in [0.2, 0.25) is 0 Å². The summed E-state index contributed by atoms with van der Waals surface area (Å²) in [5.74, 6) is 1.67. The first-order valence-corrected chi connectivity index (χ1v) is 30.1. The highest BCUT2D eigenvalue weighted by Crippen LogP contribution is 2.54. The molecule has 0 radical (unpaired) electrons. The Morgan fingerprint density at radius 1 is 0.899 bits per heavy atom. The van der Waals surface area contributed by atoms with Crippen LogP contribution >= 0.6 is 0 Å². The topological polar surface area (TPSA) is 195 Å². The predicted octanol–water partition coefficient (Wildman–Crippen LogP) is 11.7. The maximum Gasteiger partial charge on any atom is 0.293 e. The number of nitrogens with one attached hydrogen (secondary N) is 3. The SMILES string of the molecule is COc1ccc(C2CCCC(N3CCN(C4CC5(CCN(c6ccc(C(=O)NS(=O)(=O)c7ccc(NC[C@H]8CC[C@](C)(O)CC8)c([N+](=O)[O-])c7)c(Oc7cnc8[nH]ccc8c7)c6)CC5)C4)C(c4ccccc4C(C)C)C3)C2)cc1. The number of rotatable bonds is 16. The summed E-state index contributed by atoms with van der Waals surface area (Å²) in [4.78, 5) is 41.0. The maximum atomic E-state index is 14.2. The number of nitro benzene ring substituents is 1. The molecule has 4 aromatic carbocycles. The number of hydrogen-bond donors (Lipinski definition) is 4. The summed E-state index contributed by atoms with van der Waals surface area (Å²) in [5, 5.41) is 26.6. The molecule has 2 saturated heterocycles. The number of sulfonamides is 1. The van der Waals surface area contributed by atoms with Crippen molar-refractivity contribution >= 4 is 44.0 Å². The molecule has 6 aromatic rings. The number of carbonyl (C=O) groups is 1. The zero-order valence-electron chi connectivity index (χ0n) is 46.0. The lowest BCUT2D eigenvalue weighted by molar-refractivity contribution is -0.384. The third kappa shape index (κ3) is 11.9. The Hall–Kier alpha value is -6.53. The average molecular weight is 1090 g/mol. The number of nitrogens with zero attached hydrogens (tertiary/aromatic N) is 5. The highest BCUT2D eigenvalue weighted by molar-refractivity contribution is 7.90. The van der Waals surface area contributed by atoms with E-state index in [0.29, 0.717) is 60.7 Å². The van der Waals surface area contributed by atoms with Gasteiger partial charge in [0, 0.05) is 86.8 Å². The van der Waals surface area contributed by atoms with Crippen molar-refractivity contribution in [2.45, 2.75) is 138 Å². The molecule has 16 nitrogen and oxygen atoms in total. The van der Waals surface area contributed by atoms with Crippen molar-refractivity contribution in [1.82, 2.24) is 24.5 Å². The summed E-state index contributed by atoms with van der Waals surface area (Å²) in [6, 6.07) is 31.8. The largest absolute Gasteiger partial charge is 0.497 e. The molecule has 418 valence electrons. The van der Waals surface area contributed by atoms with Gasteiger partial charge < -0.3 is 29.8 Å². The van der Waals surface area contributed by atoms with Crippen molar-refractivity contribution in [3.8, 4) is 17.2 Å². The fraction of sp³-hybridized carbons (Fsp3) is 0.484. The number of ether oxygens (including phenoxy) is 2. The van der Waals surface area contributed by atoms with Gasteiger partial charge in [-0.25, -0.2) is 18.1 Å². The van der Waals surface area contributed by atoms with Gasteiger partial charge >= 0.3 is 0 Å². The van der Waals surface area contributed by atoms with Crippen LogP contribution < -0.4 is 24.4 Å². The van der Waals surface area contributed by atoms with Crippen LogP contribution in [0.3, 0.4) is 0 Å². The van der Waals surface area contributed by atoms with E-state index in [2.05, 4.69) is 97.1 Å². The number of benzene rings is 4. The first kappa shape index (κ1) is 54.4. The first-order chi connectivity index (χ1) is 38.0. The number of piperazine rings is 1. The van der Waals surface area contributed by atoms with Crippen molar-refractivity contribution in [3.05, 3.63) is 142 Å². The second kappa shape index (κ2) is 22.5. The Labute approximate surface area is 464 Å². The molecule has 2 aromatic heterocycles. The van der Waals surface area contributed by atoms with Gasteiger partial charge in [0.2, 0.25) is 0 Å². The molecule has 79 heavy (non-hydrogen) atoms.